The Morgan fingerprint density at radius 1 is 1.41 bits per heavy atom. The Bertz CT molecular complexity index is 465. The lowest BCUT2D eigenvalue weighted by atomic mass is 10.1. The number of carbonyl (C=O) groups is 1. The molecule has 0 aliphatic heterocycles. The van der Waals surface area contributed by atoms with Crippen molar-refractivity contribution in [3.63, 3.8) is 0 Å². The van der Waals surface area contributed by atoms with Crippen molar-refractivity contribution < 1.29 is 9.53 Å². The molecule has 90 valence electrons. The van der Waals surface area contributed by atoms with Gasteiger partial charge in [-0.3, -0.25) is 4.79 Å². The molecule has 1 aromatic rings. The molecule has 1 unspecified atom stereocenters. The number of rotatable bonds is 4. The molecule has 2 saturated carbocycles. The van der Waals surface area contributed by atoms with Crippen molar-refractivity contribution in [3.8, 4) is 5.75 Å². The average Bonchev–Trinajstić information content (AvgIpc) is 3.18. The Balaban J connectivity index is 1.77. The quantitative estimate of drug-likeness (QED) is 0.762. The zero-order valence-electron chi connectivity index (χ0n) is 9.78. The van der Waals surface area contributed by atoms with Crippen LogP contribution in [-0.2, 0) is 0 Å². The van der Waals surface area contributed by atoms with Gasteiger partial charge in [-0.05, 0) is 43.4 Å². The molecule has 0 saturated heterocycles. The van der Waals surface area contributed by atoms with Gasteiger partial charge >= 0.3 is 0 Å². The fraction of sp³-hybridized carbons (Fsp3) is 0.500. The molecule has 0 amide bonds. The molecule has 0 N–H and O–H groups in total. The summed E-state index contributed by atoms with van der Waals surface area (Å²) >= 11 is 6.13. The van der Waals surface area contributed by atoms with Gasteiger partial charge in [-0.25, -0.2) is 0 Å². The molecule has 0 aromatic heterocycles. The molecule has 2 fully saturated rings. The van der Waals surface area contributed by atoms with Crippen LogP contribution < -0.4 is 4.74 Å². The lowest BCUT2D eigenvalue weighted by molar-refractivity contribution is 0.0962. The van der Waals surface area contributed by atoms with E-state index in [-0.39, 0.29) is 11.7 Å². The van der Waals surface area contributed by atoms with Crippen LogP contribution in [0.5, 0.6) is 5.75 Å². The summed E-state index contributed by atoms with van der Waals surface area (Å²) in [5.41, 5.74) is 0.715. The topological polar surface area (TPSA) is 26.3 Å². The summed E-state index contributed by atoms with van der Waals surface area (Å²) in [5.74, 6) is 1.66. The first-order valence-corrected chi connectivity index (χ1v) is 6.53. The first kappa shape index (κ1) is 11.1. The average molecular weight is 251 g/mol. The Hall–Kier alpha value is -1.02. The maximum Gasteiger partial charge on any atom is 0.166 e. The van der Waals surface area contributed by atoms with Crippen molar-refractivity contribution in [2.45, 2.75) is 32.3 Å². The molecule has 17 heavy (non-hydrogen) atoms. The highest BCUT2D eigenvalue weighted by Gasteiger charge is 2.39. The number of ketones is 1. The Morgan fingerprint density at radius 2 is 2.12 bits per heavy atom. The van der Waals surface area contributed by atoms with Gasteiger partial charge in [0.1, 0.15) is 5.75 Å². The molecule has 3 heteroatoms. The van der Waals surface area contributed by atoms with Crippen molar-refractivity contribution in [1.82, 2.24) is 0 Å². The molecule has 2 aliphatic rings. The molecule has 2 atom stereocenters. The highest BCUT2D eigenvalue weighted by Crippen LogP contribution is 2.41. The Labute approximate surface area is 106 Å². The largest absolute Gasteiger partial charge is 0.489 e. The zero-order valence-corrected chi connectivity index (χ0v) is 10.5. The van der Waals surface area contributed by atoms with Gasteiger partial charge in [-0.1, -0.05) is 18.5 Å². The molecule has 2 nitrogen and oxygen atoms in total. The second-order valence-electron chi connectivity index (χ2n) is 5.15. The van der Waals surface area contributed by atoms with E-state index in [0.29, 0.717) is 28.4 Å². The van der Waals surface area contributed by atoms with E-state index in [2.05, 4.69) is 6.92 Å². The van der Waals surface area contributed by atoms with Crippen LogP contribution in [0.25, 0.3) is 0 Å². The lowest BCUT2D eigenvalue weighted by Crippen LogP contribution is -2.03. The molecular formula is C14H15ClO2. The van der Waals surface area contributed by atoms with Crippen LogP contribution >= 0.6 is 11.6 Å². The van der Waals surface area contributed by atoms with Crippen LogP contribution in [0.4, 0.5) is 0 Å². The molecule has 2 aliphatic carbocycles. The van der Waals surface area contributed by atoms with Crippen molar-refractivity contribution in [2.75, 3.05) is 0 Å². The zero-order chi connectivity index (χ0) is 12.0. The summed E-state index contributed by atoms with van der Waals surface area (Å²) in [4.78, 5) is 12.0. The van der Waals surface area contributed by atoms with Gasteiger partial charge in [0.2, 0.25) is 0 Å². The van der Waals surface area contributed by atoms with E-state index in [4.69, 9.17) is 16.3 Å². The molecule has 0 radical (unpaired) electrons. The predicted octanol–water partition coefficient (Wildman–Crippen LogP) is 3.72. The summed E-state index contributed by atoms with van der Waals surface area (Å²) in [5, 5.41) is 0.552. The van der Waals surface area contributed by atoms with E-state index in [1.807, 2.05) is 12.1 Å². The van der Waals surface area contributed by atoms with Crippen molar-refractivity contribution in [3.05, 3.63) is 28.8 Å². The van der Waals surface area contributed by atoms with E-state index in [9.17, 15) is 4.79 Å². The molecule has 0 heterocycles. The highest BCUT2D eigenvalue weighted by atomic mass is 35.5. The van der Waals surface area contributed by atoms with Gasteiger partial charge in [0, 0.05) is 11.5 Å². The van der Waals surface area contributed by atoms with E-state index >= 15 is 0 Å². The van der Waals surface area contributed by atoms with Gasteiger partial charge in [-0.15, -0.1) is 0 Å². The summed E-state index contributed by atoms with van der Waals surface area (Å²) in [6.07, 6.45) is 3.56. The summed E-state index contributed by atoms with van der Waals surface area (Å²) in [6, 6.07) is 5.39. The van der Waals surface area contributed by atoms with Crippen LogP contribution in [-0.4, -0.2) is 11.9 Å². The normalized spacial score (nSPS) is 26.7. The summed E-state index contributed by atoms with van der Waals surface area (Å²) in [6.45, 7) is 2.11. The third-order valence-corrected chi connectivity index (χ3v) is 3.78. The number of Topliss-reactive ketones (excluding diaryl/α,β-unsaturated/α-hetero) is 1. The smallest absolute Gasteiger partial charge is 0.166 e. The van der Waals surface area contributed by atoms with Crippen molar-refractivity contribution >= 4 is 17.4 Å². The van der Waals surface area contributed by atoms with Crippen LogP contribution in [0.2, 0.25) is 5.02 Å². The molecular weight excluding hydrogens is 236 g/mol. The Morgan fingerprint density at radius 3 is 2.65 bits per heavy atom. The number of hydrogen-bond donors (Lipinski definition) is 0. The predicted molar refractivity (Wildman–Crippen MR) is 66.7 cm³/mol. The van der Waals surface area contributed by atoms with Crippen LogP contribution in [0.1, 0.15) is 36.5 Å². The van der Waals surface area contributed by atoms with Crippen molar-refractivity contribution in [2.24, 2.45) is 11.8 Å². The molecule has 1 aromatic carbocycles. The van der Waals surface area contributed by atoms with E-state index < -0.39 is 0 Å². The summed E-state index contributed by atoms with van der Waals surface area (Å²) in [7, 11) is 0. The Kier molecular flexibility index (Phi) is 2.62. The van der Waals surface area contributed by atoms with E-state index in [1.54, 1.807) is 6.07 Å². The highest BCUT2D eigenvalue weighted by molar-refractivity contribution is 6.32. The maximum absolute atomic E-state index is 12.0. The van der Waals surface area contributed by atoms with Gasteiger partial charge in [0.15, 0.2) is 5.78 Å². The number of hydrogen-bond acceptors (Lipinski definition) is 2. The second kappa shape index (κ2) is 4.02. The standard InChI is InChI=1S/C14H15ClO2/c1-8-6-11(8)14(16)9-2-5-13(12(15)7-9)17-10-3-4-10/h2,5,7-8,10-11H,3-4,6H2,1H3/t8?,11-/m0/s1. The third kappa shape index (κ3) is 2.32. The first-order valence-electron chi connectivity index (χ1n) is 6.15. The van der Waals surface area contributed by atoms with Gasteiger partial charge < -0.3 is 4.74 Å². The SMILES string of the molecule is CC1C[C@@H]1C(=O)c1ccc(OC2CC2)c(Cl)c1. The maximum atomic E-state index is 12.0. The van der Waals surface area contributed by atoms with Gasteiger partial charge in [-0.2, -0.15) is 0 Å². The minimum absolute atomic E-state index is 0.210. The number of ether oxygens (including phenoxy) is 1. The summed E-state index contributed by atoms with van der Waals surface area (Å²) < 4.78 is 5.64. The van der Waals surface area contributed by atoms with Crippen LogP contribution in [0, 0.1) is 11.8 Å². The molecule has 3 rings (SSSR count). The fourth-order valence-electron chi connectivity index (χ4n) is 2.02. The van der Waals surface area contributed by atoms with Crippen LogP contribution in [0.15, 0.2) is 18.2 Å². The number of carbonyl (C=O) groups excluding carboxylic acids is 1. The number of halogens is 1. The van der Waals surface area contributed by atoms with Crippen LogP contribution in [0.3, 0.4) is 0 Å². The fourth-order valence-corrected chi connectivity index (χ4v) is 2.24. The van der Waals surface area contributed by atoms with Gasteiger partial charge in [0.05, 0.1) is 11.1 Å². The lowest BCUT2D eigenvalue weighted by Gasteiger charge is -2.08. The monoisotopic (exact) mass is 250 g/mol. The van der Waals surface area contributed by atoms with Gasteiger partial charge in [0.25, 0.3) is 0 Å². The minimum atomic E-state index is 0.210. The molecule has 0 spiro atoms. The van der Waals surface area contributed by atoms with E-state index in [0.717, 1.165) is 19.3 Å². The molecule has 0 bridgehead atoms. The minimum Gasteiger partial charge on any atom is -0.489 e. The number of benzene rings is 1. The first-order chi connectivity index (χ1) is 8.15. The van der Waals surface area contributed by atoms with Crippen molar-refractivity contribution in [1.29, 1.82) is 0 Å². The van der Waals surface area contributed by atoms with E-state index in [1.165, 1.54) is 0 Å². The second-order valence-corrected chi connectivity index (χ2v) is 5.55. The third-order valence-electron chi connectivity index (χ3n) is 3.48.